The van der Waals surface area contributed by atoms with Crippen LogP contribution in [-0.2, 0) is 14.6 Å². The first kappa shape index (κ1) is 27.3. The summed E-state index contributed by atoms with van der Waals surface area (Å²) in [6.07, 6.45) is -1.35. The fourth-order valence-corrected chi connectivity index (χ4v) is 5.36. The van der Waals surface area contributed by atoms with Gasteiger partial charge in [0.25, 0.3) is 0 Å². The minimum atomic E-state index is -3.91. The maximum Gasteiger partial charge on any atom is 0.206 e. The van der Waals surface area contributed by atoms with Gasteiger partial charge < -0.3 is 24.4 Å². The molecule has 188 valence electrons. The summed E-state index contributed by atoms with van der Waals surface area (Å²) >= 11 is 18.0. The number of halogens is 3. The first-order valence-corrected chi connectivity index (χ1v) is 13.3. The Kier molecular flexibility index (Phi) is 10.1. The molecule has 2 aromatic carbocycles. The third kappa shape index (κ3) is 7.35. The summed E-state index contributed by atoms with van der Waals surface area (Å²) in [5.74, 6) is 0.613. The van der Waals surface area contributed by atoms with Crippen molar-refractivity contribution in [2.24, 2.45) is 0 Å². The molecular formula is C22H27Cl3NO7S+. The number of β-amino-alcohol motifs (C(OH)–C–C–N with tert-alkyl or cyclic N) is 1. The molecule has 34 heavy (non-hydrogen) atoms. The zero-order chi connectivity index (χ0) is 24.7. The van der Waals surface area contributed by atoms with Gasteiger partial charge in [-0.2, -0.15) is 0 Å². The van der Waals surface area contributed by atoms with Crippen LogP contribution in [0.1, 0.15) is 0 Å². The van der Waals surface area contributed by atoms with Gasteiger partial charge in [-0.05, 0) is 36.4 Å². The largest absolute Gasteiger partial charge is 0.491 e. The van der Waals surface area contributed by atoms with Crippen molar-refractivity contribution in [3.8, 4) is 11.5 Å². The van der Waals surface area contributed by atoms with Crippen molar-refractivity contribution in [1.82, 2.24) is 4.90 Å². The van der Waals surface area contributed by atoms with E-state index in [-0.39, 0.29) is 44.7 Å². The third-order valence-electron chi connectivity index (χ3n) is 5.05. The molecule has 2 atom stereocenters. The number of nitrogens with zero attached hydrogens (tertiary/aromatic N) is 1. The highest BCUT2D eigenvalue weighted by molar-refractivity contribution is 7.91. The van der Waals surface area contributed by atoms with Crippen LogP contribution in [0.5, 0.6) is 11.5 Å². The van der Waals surface area contributed by atoms with Gasteiger partial charge in [0.05, 0.1) is 38.9 Å². The molecule has 0 saturated carbocycles. The van der Waals surface area contributed by atoms with E-state index in [0.717, 1.165) is 13.1 Å². The Bertz CT molecular complexity index is 1020. The van der Waals surface area contributed by atoms with Crippen LogP contribution in [0.15, 0.2) is 46.2 Å². The minimum absolute atomic E-state index is 0.0158. The van der Waals surface area contributed by atoms with Crippen molar-refractivity contribution in [1.29, 1.82) is 0 Å². The van der Waals surface area contributed by atoms with Gasteiger partial charge in [-0.1, -0.05) is 23.2 Å². The molecule has 0 amide bonds. The van der Waals surface area contributed by atoms with Crippen molar-refractivity contribution in [2.45, 2.75) is 22.0 Å². The van der Waals surface area contributed by atoms with Crippen LogP contribution in [0.25, 0.3) is 0 Å². The van der Waals surface area contributed by atoms with Crippen molar-refractivity contribution in [3.05, 3.63) is 46.4 Å². The molecule has 1 aliphatic rings. The van der Waals surface area contributed by atoms with Crippen LogP contribution in [0.4, 0.5) is 0 Å². The Hall–Kier alpha value is -1.30. The lowest BCUT2D eigenvalue weighted by molar-refractivity contribution is 0.00465. The number of benzene rings is 2. The lowest BCUT2D eigenvalue weighted by Gasteiger charge is -2.28. The van der Waals surface area contributed by atoms with E-state index in [1.165, 1.54) is 36.4 Å². The number of aliphatic hydroxyl groups is 1. The van der Waals surface area contributed by atoms with E-state index in [9.17, 15) is 13.5 Å². The number of aliphatic hydroxyl groups excluding tert-OH is 1. The number of hydrogen-bond donors (Lipinski definition) is 1. The van der Waals surface area contributed by atoms with Gasteiger partial charge in [-0.15, -0.1) is 11.6 Å². The summed E-state index contributed by atoms with van der Waals surface area (Å²) in [5.41, 5.74) is 0. The maximum absolute atomic E-state index is 13.1. The van der Waals surface area contributed by atoms with E-state index < -0.39 is 22.0 Å². The third-order valence-corrected chi connectivity index (χ3v) is 7.73. The van der Waals surface area contributed by atoms with Crippen LogP contribution < -0.4 is 9.47 Å². The summed E-state index contributed by atoms with van der Waals surface area (Å²) in [7, 11) is -3.91. The molecule has 0 unspecified atom stereocenters. The van der Waals surface area contributed by atoms with Gasteiger partial charge in [-0.3, -0.25) is 4.90 Å². The molecule has 1 saturated heterocycles. The molecule has 1 fully saturated rings. The number of alkyl halides is 1. The molecule has 3 N–H and O–H groups in total. The first-order valence-electron chi connectivity index (χ1n) is 10.6. The number of hydrogen-bond acceptors (Lipinski definition) is 7. The van der Waals surface area contributed by atoms with E-state index in [2.05, 4.69) is 4.90 Å². The number of ether oxygens (including phenoxy) is 3. The molecule has 1 aliphatic heterocycles. The first-order chi connectivity index (χ1) is 16.2. The predicted molar refractivity (Wildman–Crippen MR) is 131 cm³/mol. The molecule has 0 aromatic heterocycles. The summed E-state index contributed by atoms with van der Waals surface area (Å²) in [6.45, 7) is 3.36. The van der Waals surface area contributed by atoms with E-state index >= 15 is 0 Å². The minimum Gasteiger partial charge on any atom is -0.491 e. The molecule has 0 aliphatic carbocycles. The zero-order valence-corrected chi connectivity index (χ0v) is 21.3. The molecule has 1 heterocycles. The fourth-order valence-electron chi connectivity index (χ4n) is 3.24. The van der Waals surface area contributed by atoms with Gasteiger partial charge in [0.15, 0.2) is 12.4 Å². The Labute approximate surface area is 213 Å². The molecule has 8 nitrogen and oxygen atoms in total. The van der Waals surface area contributed by atoms with Crippen molar-refractivity contribution in [3.63, 3.8) is 0 Å². The predicted octanol–water partition coefficient (Wildman–Crippen LogP) is 2.61. The highest BCUT2D eigenvalue weighted by Crippen LogP contribution is 2.37. The normalized spacial score (nSPS) is 16.7. The van der Waals surface area contributed by atoms with E-state index in [0.29, 0.717) is 25.5 Å². The number of rotatable bonds is 11. The van der Waals surface area contributed by atoms with Crippen molar-refractivity contribution in [2.75, 3.05) is 51.9 Å². The summed E-state index contributed by atoms with van der Waals surface area (Å²) < 4.78 is 42.4. The standard InChI is InChI=1S/C22H26Cl3NO7S/c23-11-15(27)13-33-22-20(24)9-19(10-21(22)25)34(29,30)18-3-1-17(2-4-18)32-14-16(28)12-26-5-7-31-8-6-26/h1-4,9-10,15-16,27-28H,5-8,11-14H2/p+1/t15-,16-/m0/s1. The van der Waals surface area contributed by atoms with Gasteiger partial charge >= 0.3 is 0 Å². The Morgan fingerprint density at radius 2 is 1.65 bits per heavy atom. The van der Waals surface area contributed by atoms with Gasteiger partial charge in [-0.25, -0.2) is 8.42 Å². The maximum atomic E-state index is 13.1. The van der Waals surface area contributed by atoms with Gasteiger partial charge in [0, 0.05) is 19.6 Å². The highest BCUT2D eigenvalue weighted by Gasteiger charge is 2.23. The average Bonchev–Trinajstić information content (AvgIpc) is 2.82. The summed E-state index contributed by atoms with van der Waals surface area (Å²) in [4.78, 5) is 2.04. The molecule has 2 aromatic rings. The number of morpholine rings is 1. The fraction of sp³-hybridized carbons (Fsp3) is 0.455. The van der Waals surface area contributed by atoms with Crippen LogP contribution in [0.3, 0.4) is 0 Å². The summed E-state index contributed by atoms with van der Waals surface area (Å²) in [5, 5.41) is 17.9. The Morgan fingerprint density at radius 3 is 2.24 bits per heavy atom. The molecule has 0 spiro atoms. The highest BCUT2D eigenvalue weighted by atomic mass is 35.5. The second kappa shape index (κ2) is 12.6. The Morgan fingerprint density at radius 1 is 1.03 bits per heavy atom. The van der Waals surface area contributed by atoms with E-state index in [4.69, 9.17) is 54.1 Å². The smallest absolute Gasteiger partial charge is 0.206 e. The topological polar surface area (TPSA) is 108 Å². The van der Waals surface area contributed by atoms with Gasteiger partial charge in [0.2, 0.25) is 15.9 Å². The monoisotopic (exact) mass is 554 g/mol. The SMILES string of the molecule is O=S(=O)(c1ccc(OC[C@@H](O)CN2CCOCC2)cc1)c1cc(Cl)c(OC[C@@H]([OH2+])CCl)c(Cl)c1. The summed E-state index contributed by atoms with van der Waals surface area (Å²) in [6, 6.07) is 8.38. The second-order valence-corrected chi connectivity index (χ2v) is 10.8. The van der Waals surface area contributed by atoms with Gasteiger partial charge in [0.1, 0.15) is 18.5 Å². The molecule has 3 rings (SSSR count). The quantitative estimate of drug-likeness (QED) is 0.335. The lowest BCUT2D eigenvalue weighted by atomic mass is 10.3. The van der Waals surface area contributed by atoms with Crippen LogP contribution in [-0.4, -0.2) is 87.7 Å². The van der Waals surface area contributed by atoms with Crippen molar-refractivity contribution < 1.29 is 32.8 Å². The van der Waals surface area contributed by atoms with Crippen LogP contribution in [0.2, 0.25) is 10.0 Å². The zero-order valence-electron chi connectivity index (χ0n) is 18.3. The average molecular weight is 556 g/mol. The van der Waals surface area contributed by atoms with Crippen LogP contribution in [0, 0.1) is 0 Å². The molecular weight excluding hydrogens is 529 g/mol. The van der Waals surface area contributed by atoms with E-state index in [1.54, 1.807) is 0 Å². The number of sulfone groups is 1. The van der Waals surface area contributed by atoms with Crippen LogP contribution >= 0.6 is 34.8 Å². The molecule has 0 bridgehead atoms. The second-order valence-electron chi connectivity index (χ2n) is 7.73. The Balaban J connectivity index is 1.63. The van der Waals surface area contributed by atoms with E-state index in [1.807, 2.05) is 0 Å². The van der Waals surface area contributed by atoms with Crippen molar-refractivity contribution >= 4 is 44.6 Å². The molecule has 0 radical (unpaired) electrons. The lowest BCUT2D eigenvalue weighted by Crippen LogP contribution is -2.42. The molecule has 12 heteroatoms.